The third kappa shape index (κ3) is 4.52. The Morgan fingerprint density at radius 3 is 2.46 bits per heavy atom. The van der Waals surface area contributed by atoms with E-state index < -0.39 is 15.8 Å². The Morgan fingerprint density at radius 1 is 1.25 bits per heavy atom. The van der Waals surface area contributed by atoms with Gasteiger partial charge in [0.2, 0.25) is 15.9 Å². The fourth-order valence-corrected chi connectivity index (χ4v) is 4.03. The van der Waals surface area contributed by atoms with Crippen LogP contribution >= 0.6 is 0 Å². The Hall–Kier alpha value is -1.51. The average Bonchev–Trinajstić information content (AvgIpc) is 2.55. The van der Waals surface area contributed by atoms with Crippen LogP contribution in [0.2, 0.25) is 0 Å². The molecular formula is C16H24FN3O3S. The van der Waals surface area contributed by atoms with E-state index in [0.717, 1.165) is 12.5 Å². The first-order chi connectivity index (χ1) is 11.3. The summed E-state index contributed by atoms with van der Waals surface area (Å²) in [6.07, 6.45) is 0.862. The minimum absolute atomic E-state index is 0.0604. The molecule has 1 atom stereocenters. The zero-order chi connectivity index (χ0) is 17.7. The molecule has 134 valence electrons. The maximum absolute atomic E-state index is 13.8. The summed E-state index contributed by atoms with van der Waals surface area (Å²) < 4.78 is 40.1. The van der Waals surface area contributed by atoms with Crippen molar-refractivity contribution in [2.45, 2.75) is 31.2 Å². The number of piperazine rings is 1. The Balaban J connectivity index is 1.93. The number of carbonyl (C=O) groups excluding carboxylic acids is 1. The molecule has 24 heavy (non-hydrogen) atoms. The number of nitrogens with zero attached hydrogens (tertiary/aromatic N) is 2. The molecule has 8 heteroatoms. The number of hydrogen-bond donors (Lipinski definition) is 1. The summed E-state index contributed by atoms with van der Waals surface area (Å²) in [5.41, 5.74) is 0. The second-order valence-corrected chi connectivity index (χ2v) is 7.89. The van der Waals surface area contributed by atoms with Gasteiger partial charge in [0.05, 0.1) is 6.54 Å². The van der Waals surface area contributed by atoms with Crippen LogP contribution in [-0.2, 0) is 14.8 Å². The molecule has 1 saturated heterocycles. The SMILES string of the molecule is CC[C@H](C)NC(=O)CN1CCN(S(=O)(=O)c2ccccc2F)CC1. The van der Waals surface area contributed by atoms with Crippen molar-refractivity contribution < 1.29 is 17.6 Å². The van der Waals surface area contributed by atoms with Gasteiger partial charge in [-0.2, -0.15) is 4.31 Å². The number of hydrogen-bond acceptors (Lipinski definition) is 4. The summed E-state index contributed by atoms with van der Waals surface area (Å²) >= 11 is 0. The van der Waals surface area contributed by atoms with Crippen LogP contribution < -0.4 is 5.32 Å². The van der Waals surface area contributed by atoms with E-state index >= 15 is 0 Å². The van der Waals surface area contributed by atoms with E-state index in [-0.39, 0.29) is 36.5 Å². The first-order valence-electron chi connectivity index (χ1n) is 8.11. The molecule has 1 N–H and O–H groups in total. The summed E-state index contributed by atoms with van der Waals surface area (Å²) in [5.74, 6) is -0.803. The number of rotatable bonds is 6. The van der Waals surface area contributed by atoms with Crippen molar-refractivity contribution in [3.8, 4) is 0 Å². The van der Waals surface area contributed by atoms with Gasteiger partial charge in [0.1, 0.15) is 10.7 Å². The van der Waals surface area contributed by atoms with Crippen LogP contribution in [0, 0.1) is 5.82 Å². The van der Waals surface area contributed by atoms with Crippen molar-refractivity contribution >= 4 is 15.9 Å². The molecule has 1 fully saturated rings. The van der Waals surface area contributed by atoms with Crippen LogP contribution in [0.3, 0.4) is 0 Å². The molecule has 2 rings (SSSR count). The number of benzene rings is 1. The molecule has 0 bridgehead atoms. The first kappa shape index (κ1) is 18.8. The second-order valence-electron chi connectivity index (χ2n) is 5.99. The molecule has 1 amide bonds. The van der Waals surface area contributed by atoms with E-state index in [1.807, 2.05) is 18.7 Å². The summed E-state index contributed by atoms with van der Waals surface area (Å²) in [6, 6.07) is 5.51. The lowest BCUT2D eigenvalue weighted by Crippen LogP contribution is -2.51. The molecule has 0 aromatic heterocycles. The maximum Gasteiger partial charge on any atom is 0.246 e. The Bertz CT molecular complexity index is 673. The molecule has 0 spiro atoms. The second kappa shape index (κ2) is 8.04. The molecule has 0 radical (unpaired) electrons. The highest BCUT2D eigenvalue weighted by molar-refractivity contribution is 7.89. The van der Waals surface area contributed by atoms with Crippen LogP contribution in [0.5, 0.6) is 0 Å². The largest absolute Gasteiger partial charge is 0.353 e. The van der Waals surface area contributed by atoms with E-state index in [4.69, 9.17) is 0 Å². The average molecular weight is 357 g/mol. The Kier molecular flexibility index (Phi) is 6.31. The minimum Gasteiger partial charge on any atom is -0.353 e. The molecule has 6 nitrogen and oxygen atoms in total. The third-order valence-corrected chi connectivity index (χ3v) is 6.10. The number of sulfonamides is 1. The molecule has 0 unspecified atom stereocenters. The van der Waals surface area contributed by atoms with Crippen molar-refractivity contribution in [3.05, 3.63) is 30.1 Å². The maximum atomic E-state index is 13.8. The van der Waals surface area contributed by atoms with E-state index in [1.165, 1.54) is 22.5 Å². The van der Waals surface area contributed by atoms with E-state index in [1.54, 1.807) is 0 Å². The van der Waals surface area contributed by atoms with Gasteiger partial charge >= 0.3 is 0 Å². The van der Waals surface area contributed by atoms with Gasteiger partial charge in [-0.3, -0.25) is 9.69 Å². The summed E-state index contributed by atoms with van der Waals surface area (Å²) in [5, 5.41) is 2.89. The predicted octanol–water partition coefficient (Wildman–Crippen LogP) is 1.05. The number of nitrogens with one attached hydrogen (secondary N) is 1. The Labute approximate surface area is 142 Å². The lowest BCUT2D eigenvalue weighted by Gasteiger charge is -2.33. The summed E-state index contributed by atoms with van der Waals surface area (Å²) in [4.78, 5) is 13.5. The molecule has 1 aromatic carbocycles. The number of carbonyl (C=O) groups is 1. The van der Waals surface area contributed by atoms with E-state index in [9.17, 15) is 17.6 Å². The lowest BCUT2D eigenvalue weighted by atomic mass is 10.2. The lowest BCUT2D eigenvalue weighted by molar-refractivity contribution is -0.123. The van der Waals surface area contributed by atoms with Crippen molar-refractivity contribution in [1.82, 2.24) is 14.5 Å². The van der Waals surface area contributed by atoms with Crippen molar-refractivity contribution in [3.63, 3.8) is 0 Å². The molecule has 1 aliphatic heterocycles. The minimum atomic E-state index is -3.84. The molecule has 1 aromatic rings. The quantitative estimate of drug-likeness (QED) is 0.826. The normalized spacial score (nSPS) is 18.3. The van der Waals surface area contributed by atoms with Crippen molar-refractivity contribution in [1.29, 1.82) is 0 Å². The third-order valence-electron chi connectivity index (χ3n) is 4.17. The van der Waals surface area contributed by atoms with Crippen LogP contribution in [-0.4, -0.2) is 62.3 Å². The van der Waals surface area contributed by atoms with E-state index in [0.29, 0.717) is 13.1 Å². The summed E-state index contributed by atoms with van der Waals surface area (Å²) in [7, 11) is -3.84. The standard InChI is InChI=1S/C16H24FN3O3S/c1-3-13(2)18-16(21)12-19-8-10-20(11-9-19)24(22,23)15-7-5-4-6-14(15)17/h4-7,13H,3,8-12H2,1-2H3,(H,18,21)/t13-/m0/s1. The predicted molar refractivity (Wildman–Crippen MR) is 89.5 cm³/mol. The van der Waals surface area contributed by atoms with Gasteiger partial charge in [-0.1, -0.05) is 19.1 Å². The molecular weight excluding hydrogens is 333 g/mol. The van der Waals surface area contributed by atoms with Gasteiger partial charge in [0.15, 0.2) is 0 Å². The fraction of sp³-hybridized carbons (Fsp3) is 0.562. The van der Waals surface area contributed by atoms with Crippen LogP contribution in [0.4, 0.5) is 4.39 Å². The van der Waals surface area contributed by atoms with Crippen molar-refractivity contribution in [2.24, 2.45) is 0 Å². The fourth-order valence-electron chi connectivity index (χ4n) is 2.55. The summed E-state index contributed by atoms with van der Waals surface area (Å²) in [6.45, 7) is 5.57. The topological polar surface area (TPSA) is 69.7 Å². The monoisotopic (exact) mass is 357 g/mol. The van der Waals surface area contributed by atoms with Gasteiger partial charge in [0.25, 0.3) is 0 Å². The van der Waals surface area contributed by atoms with Crippen LogP contribution in [0.1, 0.15) is 20.3 Å². The van der Waals surface area contributed by atoms with Crippen LogP contribution in [0.15, 0.2) is 29.2 Å². The molecule has 0 saturated carbocycles. The van der Waals surface area contributed by atoms with Crippen molar-refractivity contribution in [2.75, 3.05) is 32.7 Å². The highest BCUT2D eigenvalue weighted by Crippen LogP contribution is 2.20. The van der Waals surface area contributed by atoms with Gasteiger partial charge in [-0.15, -0.1) is 0 Å². The van der Waals surface area contributed by atoms with Gasteiger partial charge in [-0.05, 0) is 25.5 Å². The highest BCUT2D eigenvalue weighted by Gasteiger charge is 2.30. The van der Waals surface area contributed by atoms with Gasteiger partial charge in [0, 0.05) is 32.2 Å². The zero-order valence-corrected chi connectivity index (χ0v) is 14.9. The molecule has 1 aliphatic rings. The number of amides is 1. The smallest absolute Gasteiger partial charge is 0.246 e. The van der Waals surface area contributed by atoms with Crippen LogP contribution in [0.25, 0.3) is 0 Å². The van der Waals surface area contributed by atoms with Gasteiger partial charge in [-0.25, -0.2) is 12.8 Å². The van der Waals surface area contributed by atoms with Gasteiger partial charge < -0.3 is 5.32 Å². The van der Waals surface area contributed by atoms with E-state index in [2.05, 4.69) is 5.32 Å². The first-order valence-corrected chi connectivity index (χ1v) is 9.55. The highest BCUT2D eigenvalue weighted by atomic mass is 32.2. The zero-order valence-electron chi connectivity index (χ0n) is 14.0. The molecule has 1 heterocycles. The molecule has 0 aliphatic carbocycles. The number of halogens is 1. The Morgan fingerprint density at radius 2 is 1.88 bits per heavy atom.